The van der Waals surface area contributed by atoms with Gasteiger partial charge >= 0.3 is 0 Å². The molecule has 4 rings (SSSR count). The Balaban J connectivity index is 1.56. The van der Waals surface area contributed by atoms with Crippen LogP contribution in [0.1, 0.15) is 30.9 Å². The van der Waals surface area contributed by atoms with Crippen LogP contribution in [0.3, 0.4) is 0 Å². The monoisotopic (exact) mass is 384 g/mol. The second kappa shape index (κ2) is 7.24. The van der Waals surface area contributed by atoms with E-state index in [0.29, 0.717) is 23.9 Å². The molecule has 1 aliphatic heterocycles. The summed E-state index contributed by atoms with van der Waals surface area (Å²) >= 11 is 5.95. The lowest BCUT2D eigenvalue weighted by Crippen LogP contribution is -2.37. The molecule has 1 aliphatic carbocycles. The van der Waals surface area contributed by atoms with Crippen LogP contribution in [0.2, 0.25) is 5.02 Å². The van der Waals surface area contributed by atoms with Crippen molar-refractivity contribution in [3.8, 4) is 5.75 Å². The Labute approximate surface area is 163 Å². The first-order valence-electron chi connectivity index (χ1n) is 9.13. The largest absolute Gasteiger partial charge is 0.481 e. The summed E-state index contributed by atoms with van der Waals surface area (Å²) in [6.45, 7) is 2.66. The van der Waals surface area contributed by atoms with E-state index in [-0.39, 0.29) is 17.7 Å². The molecule has 0 spiro atoms. The summed E-state index contributed by atoms with van der Waals surface area (Å²) in [6, 6.07) is 13.0. The first-order chi connectivity index (χ1) is 13.0. The van der Waals surface area contributed by atoms with E-state index in [9.17, 15) is 9.59 Å². The number of ether oxygens (including phenoxy) is 1. The normalized spacial score (nSPS) is 19.1. The van der Waals surface area contributed by atoms with Gasteiger partial charge in [-0.1, -0.05) is 23.7 Å². The van der Waals surface area contributed by atoms with Crippen LogP contribution in [0.15, 0.2) is 42.5 Å². The number of nitrogens with one attached hydrogen (secondary N) is 1. The number of anilines is 1. The molecule has 2 aromatic rings. The van der Waals surface area contributed by atoms with Gasteiger partial charge in [0.1, 0.15) is 5.75 Å². The third-order valence-electron chi connectivity index (χ3n) is 4.89. The van der Waals surface area contributed by atoms with Crippen LogP contribution in [-0.2, 0) is 22.7 Å². The number of amides is 2. The van der Waals surface area contributed by atoms with E-state index in [2.05, 4.69) is 5.32 Å². The van der Waals surface area contributed by atoms with Crippen LogP contribution in [0, 0.1) is 5.92 Å². The molecule has 1 fully saturated rings. The Bertz CT molecular complexity index is 877. The summed E-state index contributed by atoms with van der Waals surface area (Å²) in [4.78, 5) is 26.6. The summed E-state index contributed by atoms with van der Waals surface area (Å²) in [5.74, 6) is 0.818. The number of nitrogens with zero attached hydrogens (tertiary/aromatic N) is 1. The minimum atomic E-state index is -0.564. The van der Waals surface area contributed by atoms with E-state index in [1.807, 2.05) is 42.5 Å². The molecule has 2 amide bonds. The molecule has 1 saturated carbocycles. The average Bonchev–Trinajstić information content (AvgIpc) is 3.49. The topological polar surface area (TPSA) is 58.6 Å². The molecular weight excluding hydrogens is 364 g/mol. The van der Waals surface area contributed by atoms with Crippen molar-refractivity contribution in [3.05, 3.63) is 58.6 Å². The van der Waals surface area contributed by atoms with Crippen molar-refractivity contribution < 1.29 is 14.3 Å². The number of carbonyl (C=O) groups is 2. The van der Waals surface area contributed by atoms with Crippen molar-refractivity contribution in [1.82, 2.24) is 4.90 Å². The molecule has 1 heterocycles. The SMILES string of the molecule is C[C@@H]1Oc2ccc(NC(=O)C3CC3)cc2CN(Cc2ccc(Cl)cc2)C1=O. The van der Waals surface area contributed by atoms with Gasteiger partial charge in [0.05, 0.1) is 0 Å². The number of fused-ring (bicyclic) bond motifs is 1. The Hall–Kier alpha value is -2.53. The quantitative estimate of drug-likeness (QED) is 0.866. The predicted molar refractivity (Wildman–Crippen MR) is 104 cm³/mol. The highest BCUT2D eigenvalue weighted by Gasteiger charge is 2.31. The number of hydrogen-bond donors (Lipinski definition) is 1. The van der Waals surface area contributed by atoms with Crippen molar-refractivity contribution >= 4 is 29.1 Å². The van der Waals surface area contributed by atoms with Gasteiger partial charge in [-0.3, -0.25) is 9.59 Å². The molecule has 2 aromatic carbocycles. The van der Waals surface area contributed by atoms with E-state index in [1.165, 1.54) is 0 Å². The number of hydrogen-bond acceptors (Lipinski definition) is 3. The zero-order chi connectivity index (χ0) is 19.0. The standard InChI is InChI=1S/C21H21ClN2O3/c1-13-21(26)24(11-14-2-6-17(22)7-3-14)12-16-10-18(8-9-19(16)27-13)23-20(25)15-4-5-15/h2-3,6-10,13,15H,4-5,11-12H2,1H3,(H,23,25)/t13-/m0/s1. The number of rotatable bonds is 4. The van der Waals surface area contributed by atoms with Crippen LogP contribution in [0.5, 0.6) is 5.75 Å². The molecule has 6 heteroatoms. The first kappa shape index (κ1) is 17.9. The molecule has 5 nitrogen and oxygen atoms in total. The van der Waals surface area contributed by atoms with Gasteiger partial charge in [0.2, 0.25) is 5.91 Å². The number of benzene rings is 2. The number of carbonyl (C=O) groups excluding carboxylic acids is 2. The van der Waals surface area contributed by atoms with Crippen molar-refractivity contribution in [1.29, 1.82) is 0 Å². The summed E-state index contributed by atoms with van der Waals surface area (Å²) in [6.07, 6.45) is 1.35. The van der Waals surface area contributed by atoms with Crippen LogP contribution in [0.25, 0.3) is 0 Å². The maximum atomic E-state index is 12.8. The minimum Gasteiger partial charge on any atom is -0.481 e. The van der Waals surface area contributed by atoms with Crippen molar-refractivity contribution in [3.63, 3.8) is 0 Å². The second-order valence-electron chi connectivity index (χ2n) is 7.17. The predicted octanol–water partition coefficient (Wildman–Crippen LogP) is 4.00. The zero-order valence-electron chi connectivity index (χ0n) is 15.1. The maximum absolute atomic E-state index is 12.8. The van der Waals surface area contributed by atoms with Gasteiger partial charge in [0, 0.05) is 35.3 Å². The fourth-order valence-corrected chi connectivity index (χ4v) is 3.34. The summed E-state index contributed by atoms with van der Waals surface area (Å²) in [7, 11) is 0. The Morgan fingerprint density at radius 1 is 1.22 bits per heavy atom. The van der Waals surface area contributed by atoms with Gasteiger partial charge in [-0.25, -0.2) is 0 Å². The van der Waals surface area contributed by atoms with Gasteiger partial charge in [-0.05, 0) is 55.7 Å². The van der Waals surface area contributed by atoms with Gasteiger partial charge < -0.3 is 15.0 Å². The van der Waals surface area contributed by atoms with Crippen molar-refractivity contribution in [2.45, 2.75) is 39.0 Å². The lowest BCUT2D eigenvalue weighted by molar-refractivity contribution is -0.138. The lowest BCUT2D eigenvalue weighted by Gasteiger charge is -2.22. The van der Waals surface area contributed by atoms with Gasteiger partial charge in [-0.15, -0.1) is 0 Å². The molecule has 1 N–H and O–H groups in total. The summed E-state index contributed by atoms with van der Waals surface area (Å²) in [5, 5.41) is 3.62. The molecule has 140 valence electrons. The second-order valence-corrected chi connectivity index (χ2v) is 7.60. The fraction of sp³-hybridized carbons (Fsp3) is 0.333. The smallest absolute Gasteiger partial charge is 0.263 e. The highest BCUT2D eigenvalue weighted by molar-refractivity contribution is 6.30. The van der Waals surface area contributed by atoms with Crippen LogP contribution in [-0.4, -0.2) is 22.8 Å². The molecule has 0 saturated heterocycles. The van der Waals surface area contributed by atoms with Crippen LogP contribution < -0.4 is 10.1 Å². The molecule has 2 aliphatic rings. The molecule has 1 atom stereocenters. The van der Waals surface area contributed by atoms with Crippen LogP contribution in [0.4, 0.5) is 5.69 Å². The first-order valence-corrected chi connectivity index (χ1v) is 9.51. The molecule has 0 radical (unpaired) electrons. The van der Waals surface area contributed by atoms with Gasteiger partial charge in [0.15, 0.2) is 6.10 Å². The van der Waals surface area contributed by atoms with E-state index >= 15 is 0 Å². The molecule has 27 heavy (non-hydrogen) atoms. The van der Waals surface area contributed by atoms with Crippen molar-refractivity contribution in [2.24, 2.45) is 5.92 Å². The highest BCUT2D eigenvalue weighted by Crippen LogP contribution is 2.32. The third-order valence-corrected chi connectivity index (χ3v) is 5.14. The van der Waals surface area contributed by atoms with E-state index in [1.54, 1.807) is 11.8 Å². The third kappa shape index (κ3) is 4.08. The maximum Gasteiger partial charge on any atom is 0.263 e. The number of halogens is 1. The van der Waals surface area contributed by atoms with E-state index in [0.717, 1.165) is 29.7 Å². The molecular formula is C21H21ClN2O3. The van der Waals surface area contributed by atoms with Gasteiger partial charge in [-0.2, -0.15) is 0 Å². The minimum absolute atomic E-state index is 0.0620. The molecule has 0 bridgehead atoms. The Morgan fingerprint density at radius 3 is 2.67 bits per heavy atom. The molecule has 0 aromatic heterocycles. The zero-order valence-corrected chi connectivity index (χ0v) is 15.8. The highest BCUT2D eigenvalue weighted by atomic mass is 35.5. The van der Waals surface area contributed by atoms with Crippen LogP contribution >= 0.6 is 11.6 Å². The average molecular weight is 385 g/mol. The van der Waals surface area contributed by atoms with Crippen molar-refractivity contribution in [2.75, 3.05) is 5.32 Å². The summed E-state index contributed by atoms with van der Waals surface area (Å²) in [5.41, 5.74) is 2.62. The van der Waals surface area contributed by atoms with Gasteiger partial charge in [0.25, 0.3) is 5.91 Å². The van der Waals surface area contributed by atoms with E-state index in [4.69, 9.17) is 16.3 Å². The lowest BCUT2D eigenvalue weighted by atomic mass is 10.1. The molecule has 0 unspecified atom stereocenters. The Morgan fingerprint density at radius 2 is 1.96 bits per heavy atom. The fourth-order valence-electron chi connectivity index (χ4n) is 3.21. The Kier molecular flexibility index (Phi) is 4.79. The summed E-state index contributed by atoms with van der Waals surface area (Å²) < 4.78 is 5.85. The van der Waals surface area contributed by atoms with E-state index < -0.39 is 6.10 Å².